The lowest BCUT2D eigenvalue weighted by Crippen LogP contribution is -2.22. The first-order chi connectivity index (χ1) is 8.99. The third kappa shape index (κ3) is 2.10. The highest BCUT2D eigenvalue weighted by atomic mass is 32.2. The standard InChI is InChI=1S/C12H15N3O2S2/c1-8-4-5-13-11-10(8)14-12(18)15(11)7-9-3-2-6-19(9,16)17/h4-5,9H,2-3,6-7H2,1H3,(H,14,18). The average Bonchev–Trinajstić information content (AvgIpc) is 2.83. The van der Waals surface area contributed by atoms with Crippen molar-refractivity contribution in [3.05, 3.63) is 22.6 Å². The summed E-state index contributed by atoms with van der Waals surface area (Å²) < 4.78 is 26.2. The zero-order valence-corrected chi connectivity index (χ0v) is 12.2. The van der Waals surface area contributed by atoms with Crippen molar-refractivity contribution in [3.8, 4) is 0 Å². The molecule has 0 amide bonds. The van der Waals surface area contributed by atoms with Crippen LogP contribution < -0.4 is 0 Å². The van der Waals surface area contributed by atoms with Crippen LogP contribution in [-0.2, 0) is 16.4 Å². The number of nitrogens with zero attached hydrogens (tertiary/aromatic N) is 2. The molecule has 0 radical (unpaired) electrons. The Morgan fingerprint density at radius 1 is 1.58 bits per heavy atom. The number of aromatic nitrogens is 3. The van der Waals surface area contributed by atoms with Crippen LogP contribution in [0.5, 0.6) is 0 Å². The maximum atomic E-state index is 11.9. The van der Waals surface area contributed by atoms with E-state index in [9.17, 15) is 8.42 Å². The molecule has 0 aliphatic carbocycles. The first-order valence-corrected chi connectivity index (χ1v) is 8.37. The smallest absolute Gasteiger partial charge is 0.179 e. The van der Waals surface area contributed by atoms with Gasteiger partial charge in [0, 0.05) is 12.7 Å². The van der Waals surface area contributed by atoms with Crippen molar-refractivity contribution in [2.45, 2.75) is 31.6 Å². The van der Waals surface area contributed by atoms with Crippen molar-refractivity contribution < 1.29 is 8.42 Å². The number of aromatic amines is 1. The SMILES string of the molecule is Cc1ccnc2c1[nH]c(=S)n2CC1CCCS1(=O)=O. The number of aryl methyl sites for hydroxylation is 1. The lowest BCUT2D eigenvalue weighted by molar-refractivity contribution is 0.567. The van der Waals surface area contributed by atoms with E-state index in [4.69, 9.17) is 12.2 Å². The molecule has 5 nitrogen and oxygen atoms in total. The molecule has 1 fully saturated rings. The monoisotopic (exact) mass is 297 g/mol. The maximum absolute atomic E-state index is 11.9. The average molecular weight is 297 g/mol. The highest BCUT2D eigenvalue weighted by molar-refractivity contribution is 7.92. The molecule has 1 unspecified atom stereocenters. The van der Waals surface area contributed by atoms with E-state index in [1.165, 1.54) is 0 Å². The molecule has 102 valence electrons. The van der Waals surface area contributed by atoms with Crippen molar-refractivity contribution in [1.82, 2.24) is 14.5 Å². The zero-order valence-electron chi connectivity index (χ0n) is 10.6. The lowest BCUT2D eigenvalue weighted by atomic mass is 10.2. The number of rotatable bonds is 2. The summed E-state index contributed by atoms with van der Waals surface area (Å²) in [5.74, 6) is 0.291. The third-order valence-electron chi connectivity index (χ3n) is 3.72. The Kier molecular flexibility index (Phi) is 2.98. The van der Waals surface area contributed by atoms with E-state index in [-0.39, 0.29) is 5.25 Å². The molecule has 19 heavy (non-hydrogen) atoms. The van der Waals surface area contributed by atoms with Crippen LogP contribution >= 0.6 is 12.2 Å². The van der Waals surface area contributed by atoms with Gasteiger partial charge in [-0.05, 0) is 43.6 Å². The molecule has 3 heterocycles. The van der Waals surface area contributed by atoms with E-state index in [0.717, 1.165) is 23.1 Å². The second-order valence-electron chi connectivity index (χ2n) is 5.00. The Bertz CT molecular complexity index is 789. The molecule has 2 aromatic heterocycles. The van der Waals surface area contributed by atoms with Crippen LogP contribution in [0.1, 0.15) is 18.4 Å². The van der Waals surface area contributed by atoms with Crippen LogP contribution in [0.15, 0.2) is 12.3 Å². The minimum Gasteiger partial charge on any atom is -0.329 e. The second kappa shape index (κ2) is 4.42. The predicted molar refractivity (Wildman–Crippen MR) is 76.5 cm³/mol. The molecule has 0 saturated carbocycles. The number of fused-ring (bicyclic) bond motifs is 1. The number of nitrogens with one attached hydrogen (secondary N) is 1. The van der Waals surface area contributed by atoms with Crippen molar-refractivity contribution in [1.29, 1.82) is 0 Å². The molecule has 7 heteroatoms. The summed E-state index contributed by atoms with van der Waals surface area (Å²) in [5, 5.41) is -0.333. The summed E-state index contributed by atoms with van der Waals surface area (Å²) in [5.41, 5.74) is 2.69. The summed E-state index contributed by atoms with van der Waals surface area (Å²) in [6.07, 6.45) is 3.18. The largest absolute Gasteiger partial charge is 0.329 e. The summed E-state index contributed by atoms with van der Waals surface area (Å²) >= 11 is 5.29. The Hall–Kier alpha value is -1.21. The zero-order chi connectivity index (χ0) is 13.6. The van der Waals surface area contributed by atoms with Gasteiger partial charge in [-0.1, -0.05) is 0 Å². The summed E-state index contributed by atoms with van der Waals surface area (Å²) in [6, 6.07) is 1.91. The van der Waals surface area contributed by atoms with Crippen LogP contribution in [0.2, 0.25) is 0 Å². The molecule has 1 atom stereocenters. The topological polar surface area (TPSA) is 67.8 Å². The predicted octanol–water partition coefficient (Wildman–Crippen LogP) is 1.98. The number of imidazole rings is 1. The molecule has 1 saturated heterocycles. The van der Waals surface area contributed by atoms with Gasteiger partial charge in [0.05, 0.1) is 16.5 Å². The fraction of sp³-hybridized carbons (Fsp3) is 0.500. The van der Waals surface area contributed by atoms with Gasteiger partial charge in [-0.25, -0.2) is 13.4 Å². The van der Waals surface area contributed by atoms with Crippen LogP contribution in [0.4, 0.5) is 0 Å². The third-order valence-corrected chi connectivity index (χ3v) is 6.30. The van der Waals surface area contributed by atoms with Crippen molar-refractivity contribution >= 4 is 33.2 Å². The van der Waals surface area contributed by atoms with Crippen molar-refractivity contribution in [3.63, 3.8) is 0 Å². The van der Waals surface area contributed by atoms with Gasteiger partial charge in [0.15, 0.2) is 20.3 Å². The Labute approximate surface area is 116 Å². The minimum atomic E-state index is -2.97. The summed E-state index contributed by atoms with van der Waals surface area (Å²) in [7, 11) is -2.97. The fourth-order valence-corrected chi connectivity index (χ4v) is 4.68. The molecule has 1 aliphatic rings. The molecular weight excluding hydrogens is 282 g/mol. The molecule has 3 rings (SSSR count). The van der Waals surface area contributed by atoms with Crippen molar-refractivity contribution in [2.75, 3.05) is 5.75 Å². The lowest BCUT2D eigenvalue weighted by Gasteiger charge is -2.10. The van der Waals surface area contributed by atoms with Crippen LogP contribution in [0, 0.1) is 11.7 Å². The van der Waals surface area contributed by atoms with E-state index in [1.54, 1.807) is 6.20 Å². The highest BCUT2D eigenvalue weighted by Gasteiger charge is 2.32. The molecule has 2 aromatic rings. The fourth-order valence-electron chi connectivity index (χ4n) is 2.61. The van der Waals surface area contributed by atoms with E-state index >= 15 is 0 Å². The normalized spacial score (nSPS) is 22.1. The molecule has 1 aliphatic heterocycles. The molecule has 0 spiro atoms. The number of sulfone groups is 1. The number of hydrogen-bond donors (Lipinski definition) is 1. The van der Waals surface area contributed by atoms with E-state index in [1.807, 2.05) is 17.6 Å². The van der Waals surface area contributed by atoms with Gasteiger partial charge in [-0.15, -0.1) is 0 Å². The Morgan fingerprint density at radius 2 is 2.37 bits per heavy atom. The van der Waals surface area contributed by atoms with Gasteiger partial charge in [0.2, 0.25) is 0 Å². The van der Waals surface area contributed by atoms with Gasteiger partial charge in [0.1, 0.15) is 0 Å². The van der Waals surface area contributed by atoms with Gasteiger partial charge < -0.3 is 9.55 Å². The Morgan fingerprint density at radius 3 is 3.05 bits per heavy atom. The first kappa shape index (κ1) is 12.8. The van der Waals surface area contributed by atoms with Gasteiger partial charge in [0.25, 0.3) is 0 Å². The molecule has 0 aromatic carbocycles. The second-order valence-corrected chi connectivity index (χ2v) is 7.79. The maximum Gasteiger partial charge on any atom is 0.179 e. The first-order valence-electron chi connectivity index (χ1n) is 6.25. The van der Waals surface area contributed by atoms with Crippen LogP contribution in [0.25, 0.3) is 11.2 Å². The van der Waals surface area contributed by atoms with Gasteiger partial charge in [-0.3, -0.25) is 0 Å². The number of pyridine rings is 1. The van der Waals surface area contributed by atoms with Crippen LogP contribution in [-0.4, -0.2) is 34.0 Å². The van der Waals surface area contributed by atoms with E-state index in [0.29, 0.717) is 23.5 Å². The number of H-pyrrole nitrogens is 1. The van der Waals surface area contributed by atoms with Crippen molar-refractivity contribution in [2.24, 2.45) is 0 Å². The van der Waals surface area contributed by atoms with Crippen LogP contribution in [0.3, 0.4) is 0 Å². The van der Waals surface area contributed by atoms with E-state index in [2.05, 4.69) is 9.97 Å². The minimum absolute atomic E-state index is 0.291. The number of hydrogen-bond acceptors (Lipinski definition) is 4. The quantitative estimate of drug-likeness (QED) is 0.861. The summed E-state index contributed by atoms with van der Waals surface area (Å²) in [4.78, 5) is 7.44. The summed E-state index contributed by atoms with van der Waals surface area (Å²) in [6.45, 7) is 2.38. The van der Waals surface area contributed by atoms with Gasteiger partial charge >= 0.3 is 0 Å². The van der Waals surface area contributed by atoms with Gasteiger partial charge in [-0.2, -0.15) is 0 Å². The van der Waals surface area contributed by atoms with E-state index < -0.39 is 9.84 Å². The Balaban J connectivity index is 2.09. The highest BCUT2D eigenvalue weighted by Crippen LogP contribution is 2.24. The molecule has 1 N–H and O–H groups in total. The molecule has 0 bridgehead atoms. The molecular formula is C12H15N3O2S2.